The van der Waals surface area contributed by atoms with Gasteiger partial charge in [0, 0.05) is 5.69 Å². The average Bonchev–Trinajstić information content (AvgIpc) is 3.13. The van der Waals surface area contributed by atoms with Crippen LogP contribution in [0.4, 0.5) is 5.69 Å². The lowest BCUT2D eigenvalue weighted by Gasteiger charge is -2.01. The Labute approximate surface area is 153 Å². The SMILES string of the molecule is COc1cccc(/C=C(\Cl)c2nnc(C(=O)Nc3ccccc3)s2)c1. The fourth-order valence-corrected chi connectivity index (χ4v) is 2.98. The van der Waals surface area contributed by atoms with E-state index in [1.54, 1.807) is 25.3 Å². The third-order valence-corrected chi connectivity index (χ3v) is 4.60. The highest BCUT2D eigenvalue weighted by atomic mass is 35.5. The van der Waals surface area contributed by atoms with Crippen LogP contribution in [0, 0.1) is 0 Å². The second kappa shape index (κ2) is 7.92. The number of carbonyl (C=O) groups is 1. The van der Waals surface area contributed by atoms with Gasteiger partial charge in [0.25, 0.3) is 5.91 Å². The maximum Gasteiger partial charge on any atom is 0.286 e. The normalized spacial score (nSPS) is 11.2. The zero-order chi connectivity index (χ0) is 17.6. The van der Waals surface area contributed by atoms with E-state index in [9.17, 15) is 4.79 Å². The molecule has 1 heterocycles. The molecule has 2 aromatic carbocycles. The molecule has 0 saturated carbocycles. The first-order chi connectivity index (χ1) is 12.2. The van der Waals surface area contributed by atoms with Crippen molar-refractivity contribution in [3.63, 3.8) is 0 Å². The van der Waals surface area contributed by atoms with Gasteiger partial charge in [-0.3, -0.25) is 4.79 Å². The number of amides is 1. The predicted molar refractivity (Wildman–Crippen MR) is 101 cm³/mol. The minimum Gasteiger partial charge on any atom is -0.497 e. The molecule has 3 rings (SSSR count). The van der Waals surface area contributed by atoms with Gasteiger partial charge >= 0.3 is 0 Å². The van der Waals surface area contributed by atoms with Crippen molar-refractivity contribution in [1.82, 2.24) is 10.2 Å². The molecule has 7 heteroatoms. The number of nitrogens with zero attached hydrogens (tertiary/aromatic N) is 2. The molecule has 1 amide bonds. The van der Waals surface area contributed by atoms with Crippen LogP contribution in [0.2, 0.25) is 0 Å². The van der Waals surface area contributed by atoms with Gasteiger partial charge < -0.3 is 10.1 Å². The fraction of sp³-hybridized carbons (Fsp3) is 0.0556. The first-order valence-corrected chi connectivity index (χ1v) is 8.56. The predicted octanol–water partition coefficient (Wildman–Crippen LogP) is 4.54. The first-order valence-electron chi connectivity index (χ1n) is 7.37. The first kappa shape index (κ1) is 17.1. The van der Waals surface area contributed by atoms with Crippen molar-refractivity contribution >= 4 is 45.6 Å². The number of rotatable bonds is 5. The van der Waals surface area contributed by atoms with Crippen LogP contribution in [0.15, 0.2) is 54.6 Å². The fourth-order valence-electron chi connectivity index (χ4n) is 2.06. The Hall–Kier alpha value is -2.70. The zero-order valence-electron chi connectivity index (χ0n) is 13.3. The van der Waals surface area contributed by atoms with Crippen molar-refractivity contribution in [2.75, 3.05) is 12.4 Å². The smallest absolute Gasteiger partial charge is 0.286 e. The summed E-state index contributed by atoms with van der Waals surface area (Å²) in [6.45, 7) is 0. The largest absolute Gasteiger partial charge is 0.497 e. The number of benzene rings is 2. The van der Waals surface area contributed by atoms with Gasteiger partial charge in [0.1, 0.15) is 5.75 Å². The maximum absolute atomic E-state index is 12.2. The minimum atomic E-state index is -0.319. The number of para-hydroxylation sites is 1. The summed E-state index contributed by atoms with van der Waals surface area (Å²) in [6.07, 6.45) is 1.75. The van der Waals surface area contributed by atoms with Crippen LogP contribution < -0.4 is 10.1 Å². The zero-order valence-corrected chi connectivity index (χ0v) is 14.8. The van der Waals surface area contributed by atoms with E-state index in [-0.39, 0.29) is 10.9 Å². The van der Waals surface area contributed by atoms with Crippen LogP contribution in [-0.2, 0) is 0 Å². The number of halogens is 1. The van der Waals surface area contributed by atoms with Gasteiger partial charge in [-0.25, -0.2) is 0 Å². The summed E-state index contributed by atoms with van der Waals surface area (Å²) in [6, 6.07) is 16.6. The van der Waals surface area contributed by atoms with Crippen molar-refractivity contribution in [2.45, 2.75) is 0 Å². The Kier molecular flexibility index (Phi) is 5.42. The topological polar surface area (TPSA) is 64.1 Å². The molecule has 0 aliphatic carbocycles. The Morgan fingerprint density at radius 2 is 1.88 bits per heavy atom. The summed E-state index contributed by atoms with van der Waals surface area (Å²) in [4.78, 5) is 12.2. The number of hydrogen-bond acceptors (Lipinski definition) is 5. The van der Waals surface area contributed by atoms with Crippen molar-refractivity contribution in [3.8, 4) is 5.75 Å². The summed E-state index contributed by atoms with van der Waals surface area (Å²) >= 11 is 7.44. The monoisotopic (exact) mass is 371 g/mol. The third kappa shape index (κ3) is 4.43. The van der Waals surface area contributed by atoms with Crippen molar-refractivity contribution in [3.05, 3.63) is 70.2 Å². The second-order valence-electron chi connectivity index (χ2n) is 5.00. The van der Waals surface area contributed by atoms with Crippen molar-refractivity contribution in [2.24, 2.45) is 0 Å². The highest BCUT2D eigenvalue weighted by molar-refractivity contribution is 7.15. The summed E-state index contributed by atoms with van der Waals surface area (Å²) in [5.41, 5.74) is 1.57. The lowest BCUT2D eigenvalue weighted by molar-refractivity contribution is 0.102. The number of hydrogen-bond donors (Lipinski definition) is 1. The standard InChI is InChI=1S/C18H14ClN3O2S/c1-24-14-9-5-6-12(10-14)11-15(19)17-21-22-18(25-17)16(23)20-13-7-3-2-4-8-13/h2-11H,1H3,(H,20,23)/b15-11-. The Morgan fingerprint density at radius 1 is 1.12 bits per heavy atom. The lowest BCUT2D eigenvalue weighted by Crippen LogP contribution is -2.11. The van der Waals surface area contributed by atoms with Crippen LogP contribution in [0.5, 0.6) is 5.75 Å². The number of aromatic nitrogens is 2. The molecule has 0 atom stereocenters. The molecular formula is C18H14ClN3O2S. The van der Waals surface area contributed by atoms with E-state index in [0.717, 1.165) is 22.6 Å². The van der Waals surface area contributed by atoms with Gasteiger partial charge in [0.15, 0.2) is 5.01 Å². The van der Waals surface area contributed by atoms with Gasteiger partial charge in [-0.2, -0.15) is 0 Å². The molecule has 0 saturated heterocycles. The van der Waals surface area contributed by atoms with Crippen LogP contribution in [-0.4, -0.2) is 23.2 Å². The highest BCUT2D eigenvalue weighted by Gasteiger charge is 2.14. The lowest BCUT2D eigenvalue weighted by atomic mass is 10.2. The molecule has 0 radical (unpaired) electrons. The van der Waals surface area contributed by atoms with E-state index in [1.807, 2.05) is 42.5 Å². The van der Waals surface area contributed by atoms with Gasteiger partial charge in [-0.05, 0) is 35.9 Å². The molecule has 1 N–H and O–H groups in total. The maximum atomic E-state index is 12.2. The third-order valence-electron chi connectivity index (χ3n) is 3.24. The molecule has 126 valence electrons. The molecule has 1 aromatic heterocycles. The van der Waals surface area contributed by atoms with E-state index in [0.29, 0.717) is 15.7 Å². The molecule has 0 spiro atoms. The van der Waals surface area contributed by atoms with Gasteiger partial charge in [0.2, 0.25) is 5.01 Å². The van der Waals surface area contributed by atoms with Crippen LogP contribution in [0.25, 0.3) is 11.1 Å². The van der Waals surface area contributed by atoms with Gasteiger partial charge in [0.05, 0.1) is 12.1 Å². The number of nitrogens with one attached hydrogen (secondary N) is 1. The molecule has 5 nitrogen and oxygen atoms in total. The molecule has 3 aromatic rings. The number of ether oxygens (including phenoxy) is 1. The van der Waals surface area contributed by atoms with E-state index in [4.69, 9.17) is 16.3 Å². The minimum absolute atomic E-state index is 0.246. The molecule has 0 aliphatic rings. The summed E-state index contributed by atoms with van der Waals surface area (Å²) < 4.78 is 5.18. The van der Waals surface area contributed by atoms with Crippen molar-refractivity contribution in [1.29, 1.82) is 0 Å². The van der Waals surface area contributed by atoms with Crippen LogP contribution in [0.3, 0.4) is 0 Å². The summed E-state index contributed by atoms with van der Waals surface area (Å²) in [5.74, 6) is 0.416. The summed E-state index contributed by atoms with van der Waals surface area (Å²) in [7, 11) is 1.60. The van der Waals surface area contributed by atoms with E-state index in [1.165, 1.54) is 0 Å². The van der Waals surface area contributed by atoms with E-state index >= 15 is 0 Å². The molecule has 0 bridgehead atoms. The molecule has 0 unspecified atom stereocenters. The van der Waals surface area contributed by atoms with E-state index < -0.39 is 0 Å². The number of methoxy groups -OCH3 is 1. The molecular weight excluding hydrogens is 358 g/mol. The number of carbonyl (C=O) groups excluding carboxylic acids is 1. The Morgan fingerprint density at radius 3 is 2.64 bits per heavy atom. The molecule has 0 aliphatic heterocycles. The van der Waals surface area contributed by atoms with E-state index in [2.05, 4.69) is 15.5 Å². The second-order valence-corrected chi connectivity index (χ2v) is 6.39. The van der Waals surface area contributed by atoms with Crippen LogP contribution in [0.1, 0.15) is 20.4 Å². The molecule has 25 heavy (non-hydrogen) atoms. The molecule has 0 fully saturated rings. The average molecular weight is 372 g/mol. The quantitative estimate of drug-likeness (QED) is 0.715. The summed E-state index contributed by atoms with van der Waals surface area (Å²) in [5, 5.41) is 11.8. The Balaban J connectivity index is 1.75. The van der Waals surface area contributed by atoms with Gasteiger partial charge in [-0.15, -0.1) is 10.2 Å². The number of anilines is 1. The van der Waals surface area contributed by atoms with Crippen LogP contribution >= 0.6 is 22.9 Å². The van der Waals surface area contributed by atoms with Gasteiger partial charge in [-0.1, -0.05) is 53.3 Å². The highest BCUT2D eigenvalue weighted by Crippen LogP contribution is 2.26. The Bertz CT molecular complexity index is 909. The van der Waals surface area contributed by atoms with Crippen molar-refractivity contribution < 1.29 is 9.53 Å².